The molecule has 1 aromatic heterocycles. The van der Waals surface area contributed by atoms with Crippen LogP contribution >= 0.6 is 0 Å². The number of aliphatic hydroxyl groups is 3. The minimum absolute atomic E-state index is 0.0494. The van der Waals surface area contributed by atoms with Gasteiger partial charge in [-0.1, -0.05) is 12.1 Å². The first-order valence-electron chi connectivity index (χ1n) is 11.7. The Bertz CT molecular complexity index is 1400. The summed E-state index contributed by atoms with van der Waals surface area (Å²) in [6, 6.07) is 11.4. The van der Waals surface area contributed by atoms with Gasteiger partial charge >= 0.3 is 6.10 Å². The van der Waals surface area contributed by atoms with Crippen molar-refractivity contribution in [3.8, 4) is 11.5 Å². The number of nitrogens with two attached hydrogens (primary N) is 1. The van der Waals surface area contributed by atoms with Crippen LogP contribution in [0.25, 0.3) is 10.9 Å². The molecule has 2 aromatic carbocycles. The monoisotopic (exact) mass is 521 g/mol. The molecule has 0 bridgehead atoms. The predicted molar refractivity (Wildman–Crippen MR) is 142 cm³/mol. The van der Waals surface area contributed by atoms with Crippen molar-refractivity contribution < 1.29 is 29.6 Å². The van der Waals surface area contributed by atoms with E-state index in [1.165, 1.54) is 24.5 Å². The number of nitrogens with one attached hydrogen (secondary N) is 2. The summed E-state index contributed by atoms with van der Waals surface area (Å²) in [5.74, 6) is -0.238. The Morgan fingerprint density at radius 2 is 1.82 bits per heavy atom. The molecule has 0 atom stereocenters. The van der Waals surface area contributed by atoms with Gasteiger partial charge in [0.2, 0.25) is 5.91 Å². The second-order valence-electron chi connectivity index (χ2n) is 9.61. The fraction of sp³-hybridized carbons (Fsp3) is 0.259. The van der Waals surface area contributed by atoms with Crippen molar-refractivity contribution in [1.29, 1.82) is 0 Å². The number of hydrogen-bond acceptors (Lipinski definition) is 9. The number of amides is 2. The van der Waals surface area contributed by atoms with E-state index in [2.05, 4.69) is 15.3 Å². The van der Waals surface area contributed by atoms with Gasteiger partial charge < -0.3 is 31.1 Å². The molecule has 0 unspecified atom stereocenters. The summed E-state index contributed by atoms with van der Waals surface area (Å²) in [5.41, 5.74) is 7.82. The van der Waals surface area contributed by atoms with Crippen LogP contribution < -0.4 is 21.1 Å². The first-order chi connectivity index (χ1) is 17.7. The number of ether oxygens (including phenoxy) is 1. The van der Waals surface area contributed by atoms with Crippen LogP contribution in [0, 0.1) is 6.92 Å². The standard InChI is InChI=1S/C27H31N5O6/c1-16-11-17(12-24(33)31-19(14-28)15-30-26(2,3)4)5-8-22(16)38-23-9-10-29-21-7-6-18(13-20(21)23)25(34)32-27(35,36)37/h5-11,13-15,35-37H,12,28H2,1-4H3,(H,31,33)(H,32,34)/b19-14+,30-15?. The van der Waals surface area contributed by atoms with E-state index in [1.54, 1.807) is 35.8 Å². The second kappa shape index (κ2) is 11.4. The van der Waals surface area contributed by atoms with Gasteiger partial charge in [-0.15, -0.1) is 0 Å². The third-order valence-corrected chi connectivity index (χ3v) is 5.12. The summed E-state index contributed by atoms with van der Waals surface area (Å²) in [7, 11) is 0. The average Bonchev–Trinajstić information content (AvgIpc) is 2.81. The minimum atomic E-state index is -3.35. The van der Waals surface area contributed by atoms with Gasteiger partial charge in [-0.25, -0.2) is 0 Å². The Hall–Kier alpha value is -4.32. The lowest BCUT2D eigenvalue weighted by Gasteiger charge is -2.16. The van der Waals surface area contributed by atoms with Crippen LogP contribution in [-0.2, 0) is 11.2 Å². The third kappa shape index (κ3) is 8.10. The summed E-state index contributed by atoms with van der Waals surface area (Å²) < 4.78 is 6.10. The molecule has 0 spiro atoms. The van der Waals surface area contributed by atoms with Crippen LogP contribution in [0.2, 0.25) is 0 Å². The fourth-order valence-electron chi connectivity index (χ4n) is 3.40. The number of hydrogen-bond donors (Lipinski definition) is 6. The molecule has 11 heteroatoms. The summed E-state index contributed by atoms with van der Waals surface area (Å²) in [5, 5.41) is 32.0. The van der Waals surface area contributed by atoms with E-state index in [4.69, 9.17) is 25.8 Å². The Morgan fingerprint density at radius 3 is 2.45 bits per heavy atom. The zero-order chi connectivity index (χ0) is 28.1. The van der Waals surface area contributed by atoms with Gasteiger partial charge in [-0.3, -0.25) is 24.9 Å². The van der Waals surface area contributed by atoms with E-state index in [0.29, 0.717) is 28.1 Å². The number of aliphatic imine (C=N–C) groups is 1. The van der Waals surface area contributed by atoms with Crippen LogP contribution in [0.5, 0.6) is 11.5 Å². The van der Waals surface area contributed by atoms with E-state index < -0.39 is 12.0 Å². The number of aryl methyl sites for hydroxylation is 1. The van der Waals surface area contributed by atoms with Crippen LogP contribution in [-0.4, -0.2) is 50.0 Å². The molecular formula is C27H31N5O6. The number of fused-ring (bicyclic) bond motifs is 1. The quantitative estimate of drug-likeness (QED) is 0.192. The van der Waals surface area contributed by atoms with E-state index in [0.717, 1.165) is 11.1 Å². The van der Waals surface area contributed by atoms with Crippen LogP contribution in [0.4, 0.5) is 0 Å². The smallest absolute Gasteiger partial charge is 0.369 e. The number of allylic oxidation sites excluding steroid dienone is 1. The molecule has 0 radical (unpaired) electrons. The average molecular weight is 522 g/mol. The SMILES string of the molecule is Cc1cc(CC(=O)N/C(C=NC(C)(C)C)=C/N)ccc1Oc1ccnc2ccc(C(=O)NC(O)(O)O)cc12. The molecule has 0 aliphatic carbocycles. The molecule has 3 aromatic rings. The summed E-state index contributed by atoms with van der Waals surface area (Å²) in [4.78, 5) is 33.3. The Balaban J connectivity index is 1.76. The minimum Gasteiger partial charge on any atom is -0.456 e. The van der Waals surface area contributed by atoms with Crippen molar-refractivity contribution in [2.75, 3.05) is 0 Å². The lowest BCUT2D eigenvalue weighted by Crippen LogP contribution is -2.48. The van der Waals surface area contributed by atoms with Crippen molar-refractivity contribution in [2.24, 2.45) is 10.7 Å². The number of carbonyl (C=O) groups is 2. The maximum atomic E-state index is 12.5. The molecule has 0 aliphatic heterocycles. The molecule has 0 fully saturated rings. The summed E-state index contributed by atoms with van der Waals surface area (Å²) in [6.45, 7) is 7.64. The largest absolute Gasteiger partial charge is 0.456 e. The molecule has 38 heavy (non-hydrogen) atoms. The summed E-state index contributed by atoms with van der Waals surface area (Å²) >= 11 is 0. The highest BCUT2D eigenvalue weighted by atomic mass is 16.7. The second-order valence-corrected chi connectivity index (χ2v) is 9.61. The molecule has 11 nitrogen and oxygen atoms in total. The highest BCUT2D eigenvalue weighted by Crippen LogP contribution is 2.31. The maximum absolute atomic E-state index is 12.5. The van der Waals surface area contributed by atoms with Gasteiger partial charge in [-0.05, 0) is 69.2 Å². The Labute approximate surface area is 219 Å². The number of aromatic nitrogens is 1. The molecule has 0 saturated heterocycles. The maximum Gasteiger partial charge on any atom is 0.369 e. The first kappa shape index (κ1) is 28.3. The zero-order valence-corrected chi connectivity index (χ0v) is 21.5. The van der Waals surface area contributed by atoms with Crippen molar-refractivity contribution in [3.63, 3.8) is 0 Å². The van der Waals surface area contributed by atoms with Gasteiger partial charge in [0.1, 0.15) is 11.5 Å². The molecular weight excluding hydrogens is 490 g/mol. The number of pyridine rings is 1. The number of benzene rings is 2. The van der Waals surface area contributed by atoms with Crippen molar-refractivity contribution >= 4 is 28.9 Å². The molecule has 200 valence electrons. The van der Waals surface area contributed by atoms with Crippen LogP contribution in [0.1, 0.15) is 42.3 Å². The highest BCUT2D eigenvalue weighted by Gasteiger charge is 2.22. The molecule has 2 amide bonds. The van der Waals surface area contributed by atoms with E-state index >= 15 is 0 Å². The van der Waals surface area contributed by atoms with Crippen LogP contribution in [0.15, 0.2) is 65.6 Å². The van der Waals surface area contributed by atoms with Gasteiger partial charge in [0.25, 0.3) is 5.91 Å². The Kier molecular flexibility index (Phi) is 8.46. The molecule has 1 heterocycles. The van der Waals surface area contributed by atoms with Crippen LogP contribution in [0.3, 0.4) is 0 Å². The highest BCUT2D eigenvalue weighted by molar-refractivity contribution is 5.99. The first-order valence-corrected chi connectivity index (χ1v) is 11.7. The topological polar surface area (TPSA) is 179 Å². The van der Waals surface area contributed by atoms with E-state index in [1.807, 2.05) is 33.8 Å². The summed E-state index contributed by atoms with van der Waals surface area (Å²) in [6.07, 6.45) is 1.13. The predicted octanol–water partition coefficient (Wildman–Crippen LogP) is 1.98. The van der Waals surface area contributed by atoms with Crippen molar-refractivity contribution in [3.05, 3.63) is 77.2 Å². The van der Waals surface area contributed by atoms with E-state index in [9.17, 15) is 9.59 Å². The number of carbonyl (C=O) groups excluding carboxylic acids is 2. The lowest BCUT2D eigenvalue weighted by molar-refractivity contribution is -0.323. The van der Waals surface area contributed by atoms with Gasteiger partial charge in [0, 0.05) is 29.6 Å². The lowest BCUT2D eigenvalue weighted by atomic mass is 10.1. The number of nitrogens with zero attached hydrogens (tertiary/aromatic N) is 2. The van der Waals surface area contributed by atoms with Gasteiger partial charge in [-0.2, -0.15) is 0 Å². The fourth-order valence-corrected chi connectivity index (χ4v) is 3.40. The molecule has 3 rings (SSSR count). The normalized spacial score (nSPS) is 12.6. The van der Waals surface area contributed by atoms with Crippen molar-refractivity contribution in [1.82, 2.24) is 15.6 Å². The zero-order valence-electron chi connectivity index (χ0n) is 21.5. The van der Waals surface area contributed by atoms with E-state index in [-0.39, 0.29) is 23.4 Å². The Morgan fingerprint density at radius 1 is 1.08 bits per heavy atom. The third-order valence-electron chi connectivity index (χ3n) is 5.12. The molecule has 0 saturated carbocycles. The molecule has 7 N–H and O–H groups in total. The molecule has 0 aliphatic rings. The van der Waals surface area contributed by atoms with Gasteiger partial charge in [0.15, 0.2) is 0 Å². The number of rotatable bonds is 8. The van der Waals surface area contributed by atoms with Crippen molar-refractivity contribution in [2.45, 2.75) is 45.8 Å². The van der Waals surface area contributed by atoms with Gasteiger partial charge in [0.05, 0.1) is 23.2 Å².